The molecule has 0 amide bonds. The zero-order valence-corrected chi connectivity index (χ0v) is 8.61. The van der Waals surface area contributed by atoms with Crippen molar-refractivity contribution in [2.45, 2.75) is 31.5 Å². The van der Waals surface area contributed by atoms with E-state index in [1.54, 1.807) is 0 Å². The molecule has 0 radical (unpaired) electrons. The molecule has 2 atom stereocenters. The third kappa shape index (κ3) is 2.01. The minimum absolute atomic E-state index is 0.437. The van der Waals surface area contributed by atoms with Crippen molar-refractivity contribution in [1.82, 2.24) is 4.98 Å². The summed E-state index contributed by atoms with van der Waals surface area (Å²) in [5.41, 5.74) is -0.130. The number of pyridine rings is 1. The Bertz CT molecular complexity index is 350. The lowest BCUT2D eigenvalue weighted by Gasteiger charge is -2.29. The van der Waals surface area contributed by atoms with Crippen LogP contribution in [0.25, 0.3) is 0 Å². The summed E-state index contributed by atoms with van der Waals surface area (Å²) in [4.78, 5) is 3.72. The van der Waals surface area contributed by atoms with Gasteiger partial charge in [0, 0.05) is 18.4 Å². The Hall–Kier alpha value is -1.00. The number of nitrogens with zero attached hydrogens (tertiary/aromatic N) is 1. The highest BCUT2D eigenvalue weighted by Crippen LogP contribution is 2.36. The van der Waals surface area contributed by atoms with Crippen LogP contribution in [-0.4, -0.2) is 22.3 Å². The predicted octanol–water partition coefficient (Wildman–Crippen LogP) is 1.82. The molecule has 1 aromatic rings. The van der Waals surface area contributed by atoms with Gasteiger partial charge < -0.3 is 9.84 Å². The van der Waals surface area contributed by atoms with E-state index in [2.05, 4.69) is 4.98 Å². The number of halogens is 1. The van der Waals surface area contributed by atoms with Crippen LogP contribution < -0.4 is 0 Å². The van der Waals surface area contributed by atoms with Gasteiger partial charge in [0.2, 0.25) is 0 Å². The fourth-order valence-corrected chi connectivity index (χ4v) is 1.95. The van der Waals surface area contributed by atoms with Crippen LogP contribution in [0.1, 0.15) is 31.4 Å². The number of hydrogen-bond acceptors (Lipinski definition) is 3. The van der Waals surface area contributed by atoms with Crippen molar-refractivity contribution < 1.29 is 14.2 Å². The summed E-state index contributed by atoms with van der Waals surface area (Å²) in [6, 6.07) is 1.30. The number of hydrogen-bond donors (Lipinski definition) is 1. The first-order valence-corrected chi connectivity index (χ1v) is 5.04. The lowest BCUT2D eigenvalue weighted by Crippen LogP contribution is -2.32. The van der Waals surface area contributed by atoms with E-state index in [1.807, 2.05) is 6.92 Å². The summed E-state index contributed by atoms with van der Waals surface area (Å²) in [6.45, 7) is 2.49. The van der Waals surface area contributed by atoms with Gasteiger partial charge in [-0.3, -0.25) is 4.98 Å². The van der Waals surface area contributed by atoms with Gasteiger partial charge >= 0.3 is 0 Å². The van der Waals surface area contributed by atoms with Crippen LogP contribution in [0, 0.1) is 5.82 Å². The Morgan fingerprint density at radius 1 is 1.60 bits per heavy atom. The Labute approximate surface area is 87.9 Å². The third-order valence-electron chi connectivity index (χ3n) is 2.87. The van der Waals surface area contributed by atoms with Crippen LogP contribution in [0.2, 0.25) is 0 Å². The monoisotopic (exact) mass is 211 g/mol. The van der Waals surface area contributed by atoms with E-state index < -0.39 is 17.5 Å². The highest BCUT2D eigenvalue weighted by molar-refractivity contribution is 5.17. The Balaban J connectivity index is 2.23. The molecule has 0 spiro atoms. The van der Waals surface area contributed by atoms with Crippen molar-refractivity contribution in [2.75, 3.05) is 6.61 Å². The van der Waals surface area contributed by atoms with E-state index in [0.717, 1.165) is 19.0 Å². The second-order valence-electron chi connectivity index (χ2n) is 4.10. The topological polar surface area (TPSA) is 42.4 Å². The maximum absolute atomic E-state index is 12.9. The molecule has 15 heavy (non-hydrogen) atoms. The molecule has 2 heterocycles. The average Bonchev–Trinajstić information content (AvgIpc) is 2.65. The van der Waals surface area contributed by atoms with Crippen molar-refractivity contribution in [3.05, 3.63) is 29.8 Å². The summed E-state index contributed by atoms with van der Waals surface area (Å²) in [6.07, 6.45) is 3.48. The summed E-state index contributed by atoms with van der Waals surface area (Å²) < 4.78 is 18.4. The SMILES string of the molecule is CC1(C(O)c2cncc(F)c2)CCCO1. The largest absolute Gasteiger partial charge is 0.385 e. The van der Waals surface area contributed by atoms with Gasteiger partial charge in [0.15, 0.2) is 0 Å². The molecule has 0 aliphatic carbocycles. The van der Waals surface area contributed by atoms with Crippen molar-refractivity contribution in [2.24, 2.45) is 0 Å². The number of rotatable bonds is 2. The molecule has 0 bridgehead atoms. The molecule has 0 aromatic carbocycles. The van der Waals surface area contributed by atoms with E-state index in [0.29, 0.717) is 12.2 Å². The first kappa shape index (κ1) is 10.5. The number of ether oxygens (including phenoxy) is 1. The highest BCUT2D eigenvalue weighted by atomic mass is 19.1. The van der Waals surface area contributed by atoms with Gasteiger partial charge in [0.25, 0.3) is 0 Å². The first-order chi connectivity index (χ1) is 7.12. The Morgan fingerprint density at radius 2 is 2.40 bits per heavy atom. The summed E-state index contributed by atoms with van der Waals surface area (Å²) in [7, 11) is 0. The first-order valence-electron chi connectivity index (χ1n) is 5.04. The van der Waals surface area contributed by atoms with Gasteiger partial charge in [-0.1, -0.05) is 0 Å². The van der Waals surface area contributed by atoms with Gasteiger partial charge in [0.1, 0.15) is 11.9 Å². The van der Waals surface area contributed by atoms with Crippen LogP contribution >= 0.6 is 0 Å². The zero-order chi connectivity index (χ0) is 10.9. The average molecular weight is 211 g/mol. The van der Waals surface area contributed by atoms with E-state index in [-0.39, 0.29) is 0 Å². The van der Waals surface area contributed by atoms with Crippen LogP contribution in [0.3, 0.4) is 0 Å². The normalized spacial score (nSPS) is 27.9. The lowest BCUT2D eigenvalue weighted by atomic mass is 9.91. The molecule has 3 nitrogen and oxygen atoms in total. The maximum Gasteiger partial charge on any atom is 0.141 e. The van der Waals surface area contributed by atoms with Crippen molar-refractivity contribution in [1.29, 1.82) is 0 Å². The second-order valence-corrected chi connectivity index (χ2v) is 4.10. The molecular weight excluding hydrogens is 197 g/mol. The maximum atomic E-state index is 12.9. The minimum Gasteiger partial charge on any atom is -0.385 e. The van der Waals surface area contributed by atoms with Crippen molar-refractivity contribution in [3.63, 3.8) is 0 Å². The molecule has 82 valence electrons. The van der Waals surface area contributed by atoms with Gasteiger partial charge in [-0.05, 0) is 25.8 Å². The molecule has 1 saturated heterocycles. The zero-order valence-electron chi connectivity index (χ0n) is 8.61. The molecule has 4 heteroatoms. The van der Waals surface area contributed by atoms with Crippen LogP contribution in [0.5, 0.6) is 0 Å². The van der Waals surface area contributed by atoms with Crippen molar-refractivity contribution in [3.8, 4) is 0 Å². The van der Waals surface area contributed by atoms with Gasteiger partial charge in [0.05, 0.1) is 11.8 Å². The minimum atomic E-state index is -0.816. The lowest BCUT2D eigenvalue weighted by molar-refractivity contribution is -0.0798. The molecular formula is C11H14FNO2. The molecule has 1 aliphatic rings. The van der Waals surface area contributed by atoms with Gasteiger partial charge in [-0.2, -0.15) is 0 Å². The number of aromatic nitrogens is 1. The predicted molar refractivity (Wildman–Crippen MR) is 52.7 cm³/mol. The summed E-state index contributed by atoms with van der Waals surface area (Å²) in [5.74, 6) is -0.437. The number of aliphatic hydroxyl groups excluding tert-OH is 1. The standard InChI is InChI=1S/C11H14FNO2/c1-11(3-2-4-15-11)10(14)8-5-9(12)7-13-6-8/h5-7,10,14H,2-4H2,1H3. The fraction of sp³-hybridized carbons (Fsp3) is 0.545. The molecule has 2 unspecified atom stereocenters. The van der Waals surface area contributed by atoms with Crippen LogP contribution in [0.15, 0.2) is 18.5 Å². The van der Waals surface area contributed by atoms with Gasteiger partial charge in [-0.25, -0.2) is 4.39 Å². The van der Waals surface area contributed by atoms with Crippen LogP contribution in [-0.2, 0) is 4.74 Å². The molecule has 1 aliphatic heterocycles. The van der Waals surface area contributed by atoms with Crippen molar-refractivity contribution >= 4 is 0 Å². The smallest absolute Gasteiger partial charge is 0.141 e. The van der Waals surface area contributed by atoms with E-state index in [4.69, 9.17) is 4.74 Å². The van der Waals surface area contributed by atoms with Crippen LogP contribution in [0.4, 0.5) is 4.39 Å². The molecule has 1 N–H and O–H groups in total. The van der Waals surface area contributed by atoms with E-state index in [9.17, 15) is 9.50 Å². The third-order valence-corrected chi connectivity index (χ3v) is 2.87. The summed E-state index contributed by atoms with van der Waals surface area (Å²) >= 11 is 0. The van der Waals surface area contributed by atoms with E-state index >= 15 is 0 Å². The number of aliphatic hydroxyl groups is 1. The van der Waals surface area contributed by atoms with Gasteiger partial charge in [-0.15, -0.1) is 0 Å². The highest BCUT2D eigenvalue weighted by Gasteiger charge is 2.38. The molecule has 1 aromatic heterocycles. The Morgan fingerprint density at radius 3 is 3.00 bits per heavy atom. The molecule has 2 rings (SSSR count). The molecule has 1 fully saturated rings. The summed E-state index contributed by atoms with van der Waals surface area (Å²) in [5, 5.41) is 10.1. The quantitative estimate of drug-likeness (QED) is 0.811. The second kappa shape index (κ2) is 3.87. The van der Waals surface area contributed by atoms with E-state index in [1.165, 1.54) is 12.3 Å². The fourth-order valence-electron chi connectivity index (χ4n) is 1.95. The molecule has 0 saturated carbocycles. The Kier molecular flexibility index (Phi) is 2.71.